The second-order valence-electron chi connectivity index (χ2n) is 7.13. The molecule has 4 rings (SSSR count). The van der Waals surface area contributed by atoms with Crippen LogP contribution in [0.15, 0.2) is 79.0 Å². The van der Waals surface area contributed by atoms with Crippen LogP contribution in [0.2, 0.25) is 5.02 Å². The number of nitrogens with one attached hydrogen (secondary N) is 3. The third-order valence-corrected chi connectivity index (χ3v) is 5.83. The van der Waals surface area contributed by atoms with Crippen LogP contribution < -0.4 is 21.7 Å². The van der Waals surface area contributed by atoms with E-state index in [1.54, 1.807) is 53.7 Å². The number of benzene rings is 1. The average molecular weight is 508 g/mol. The number of nitrogen functional groups attached to an aromatic ring is 1. The number of amides is 2. The Hall–Kier alpha value is -4.22. The van der Waals surface area contributed by atoms with Crippen molar-refractivity contribution in [3.05, 3.63) is 89.6 Å². The minimum Gasteiger partial charge on any atom is -0.396 e. The van der Waals surface area contributed by atoms with Crippen LogP contribution in [0, 0.1) is 0 Å². The number of hydrogen-bond acceptors (Lipinski definition) is 7. The Balaban J connectivity index is 1.37. The molecule has 0 fully saturated rings. The van der Waals surface area contributed by atoms with E-state index in [4.69, 9.17) is 17.3 Å². The number of thiazole rings is 1. The predicted molar refractivity (Wildman–Crippen MR) is 140 cm³/mol. The maximum atomic E-state index is 12.2. The van der Waals surface area contributed by atoms with E-state index in [1.807, 2.05) is 12.1 Å². The van der Waals surface area contributed by atoms with Gasteiger partial charge in [-0.1, -0.05) is 24.2 Å². The molecule has 0 spiro atoms. The van der Waals surface area contributed by atoms with Gasteiger partial charge >= 0.3 is 6.03 Å². The van der Waals surface area contributed by atoms with Crippen LogP contribution in [0.3, 0.4) is 0 Å². The first kappa shape index (κ1) is 23.9. The van der Waals surface area contributed by atoms with E-state index in [0.717, 1.165) is 10.6 Å². The van der Waals surface area contributed by atoms with Crippen molar-refractivity contribution in [1.82, 2.24) is 25.1 Å². The molecule has 3 heterocycles. The molecule has 0 saturated carbocycles. The summed E-state index contributed by atoms with van der Waals surface area (Å²) in [5.74, 6) is 0.508. The lowest BCUT2D eigenvalue weighted by Gasteiger charge is -2.05. The van der Waals surface area contributed by atoms with E-state index in [9.17, 15) is 4.79 Å². The van der Waals surface area contributed by atoms with Gasteiger partial charge in [-0.15, -0.1) is 11.3 Å². The van der Waals surface area contributed by atoms with Crippen molar-refractivity contribution < 1.29 is 4.79 Å². The second kappa shape index (κ2) is 11.3. The van der Waals surface area contributed by atoms with Crippen molar-refractivity contribution >= 4 is 51.3 Å². The molecule has 4 aromatic rings. The molecule has 0 unspecified atom stereocenters. The van der Waals surface area contributed by atoms with Crippen LogP contribution in [-0.2, 0) is 6.42 Å². The number of aliphatic imine (C=N–C) groups is 1. The Labute approximate surface area is 210 Å². The van der Waals surface area contributed by atoms with Gasteiger partial charge in [0, 0.05) is 47.1 Å². The first-order valence-electron chi connectivity index (χ1n) is 10.5. The summed E-state index contributed by atoms with van der Waals surface area (Å²) in [5, 5.41) is 14.0. The number of pyridine rings is 1. The fourth-order valence-electron chi connectivity index (χ4n) is 3.07. The van der Waals surface area contributed by atoms with E-state index < -0.39 is 6.03 Å². The molecule has 5 N–H and O–H groups in total. The molecular formula is C23H22ClN9OS. The van der Waals surface area contributed by atoms with Gasteiger partial charge in [-0.2, -0.15) is 5.10 Å². The van der Waals surface area contributed by atoms with E-state index >= 15 is 0 Å². The number of aromatic nitrogens is 4. The largest absolute Gasteiger partial charge is 0.396 e. The second-order valence-corrected chi connectivity index (χ2v) is 8.68. The fourth-order valence-corrected chi connectivity index (χ4v) is 4.06. The SMILES string of the molecule is C=CNC(=NCCc1cnc(NC(=O)Nc2cccc(Cl)c2)s1)c1nn(-c2ccncc2)cc1N. The quantitative estimate of drug-likeness (QED) is 0.207. The lowest BCUT2D eigenvalue weighted by molar-refractivity contribution is 0.262. The molecule has 0 aliphatic carbocycles. The lowest BCUT2D eigenvalue weighted by Crippen LogP contribution is -2.21. The summed E-state index contributed by atoms with van der Waals surface area (Å²) in [6.07, 6.45) is 8.94. The molecule has 0 aliphatic heterocycles. The Morgan fingerprint density at radius 3 is 2.86 bits per heavy atom. The zero-order valence-corrected chi connectivity index (χ0v) is 20.1. The summed E-state index contributed by atoms with van der Waals surface area (Å²) < 4.78 is 1.67. The number of hydrogen-bond donors (Lipinski definition) is 4. The molecule has 2 amide bonds. The van der Waals surface area contributed by atoms with Crippen molar-refractivity contribution in [2.24, 2.45) is 4.99 Å². The van der Waals surface area contributed by atoms with Gasteiger partial charge in [0.2, 0.25) is 0 Å². The molecule has 3 aromatic heterocycles. The number of rotatable bonds is 8. The molecule has 35 heavy (non-hydrogen) atoms. The predicted octanol–water partition coefficient (Wildman–Crippen LogP) is 4.33. The Morgan fingerprint density at radius 1 is 1.26 bits per heavy atom. The van der Waals surface area contributed by atoms with Gasteiger partial charge in [-0.3, -0.25) is 15.3 Å². The van der Waals surface area contributed by atoms with Gasteiger partial charge in [-0.05, 0) is 36.5 Å². The summed E-state index contributed by atoms with van der Waals surface area (Å²) in [7, 11) is 0. The Morgan fingerprint density at radius 2 is 2.09 bits per heavy atom. The molecule has 0 aliphatic rings. The summed E-state index contributed by atoms with van der Waals surface area (Å²) >= 11 is 7.31. The standard InChI is InChI=1S/C23H22ClN9OS/c1-2-27-21(20-19(25)14-33(32-20)17-6-9-26-10-7-17)28-11-8-18-13-29-23(35-18)31-22(34)30-16-5-3-4-15(24)12-16/h2-7,9-10,12-14H,1,8,11,25H2,(H,27,28)(H2,29,30,31,34). The lowest BCUT2D eigenvalue weighted by atomic mass is 10.3. The van der Waals surface area contributed by atoms with Crippen molar-refractivity contribution in [2.75, 3.05) is 22.9 Å². The van der Waals surface area contributed by atoms with E-state index in [0.29, 0.717) is 46.0 Å². The summed E-state index contributed by atoms with van der Waals surface area (Å²) in [6, 6.07) is 10.2. The number of urea groups is 1. The highest BCUT2D eigenvalue weighted by Crippen LogP contribution is 2.20. The zero-order valence-electron chi connectivity index (χ0n) is 18.5. The molecule has 1 aromatic carbocycles. The van der Waals surface area contributed by atoms with E-state index in [-0.39, 0.29) is 0 Å². The van der Waals surface area contributed by atoms with Gasteiger partial charge in [0.1, 0.15) is 0 Å². The van der Waals surface area contributed by atoms with Gasteiger partial charge < -0.3 is 16.4 Å². The maximum Gasteiger partial charge on any atom is 0.325 e. The van der Waals surface area contributed by atoms with Gasteiger partial charge in [0.15, 0.2) is 16.7 Å². The Kier molecular flexibility index (Phi) is 7.70. The van der Waals surface area contributed by atoms with Crippen LogP contribution in [0.25, 0.3) is 5.69 Å². The number of nitrogens with two attached hydrogens (primary N) is 1. The minimum atomic E-state index is -0.399. The molecular weight excluding hydrogens is 486 g/mol. The summed E-state index contributed by atoms with van der Waals surface area (Å²) in [5.41, 5.74) is 8.61. The molecule has 0 bridgehead atoms. The number of halogens is 1. The normalized spacial score (nSPS) is 11.2. The van der Waals surface area contributed by atoms with Gasteiger partial charge in [0.25, 0.3) is 0 Å². The van der Waals surface area contributed by atoms with Crippen molar-refractivity contribution in [1.29, 1.82) is 0 Å². The molecule has 0 radical (unpaired) electrons. The number of carbonyl (C=O) groups excluding carboxylic acids is 1. The van der Waals surface area contributed by atoms with Crippen molar-refractivity contribution in [2.45, 2.75) is 6.42 Å². The third-order valence-electron chi connectivity index (χ3n) is 4.62. The molecule has 12 heteroatoms. The smallest absolute Gasteiger partial charge is 0.325 e. The summed E-state index contributed by atoms with van der Waals surface area (Å²) in [4.78, 5) is 26.1. The fraction of sp³-hybridized carbons (Fsp3) is 0.0870. The molecule has 0 saturated heterocycles. The number of nitrogens with zero attached hydrogens (tertiary/aromatic N) is 5. The molecule has 178 valence electrons. The van der Waals surface area contributed by atoms with Gasteiger partial charge in [0.05, 0.1) is 17.6 Å². The van der Waals surface area contributed by atoms with Crippen molar-refractivity contribution in [3.8, 4) is 5.69 Å². The van der Waals surface area contributed by atoms with E-state index in [2.05, 4.69) is 42.6 Å². The maximum absolute atomic E-state index is 12.2. The minimum absolute atomic E-state index is 0.399. The van der Waals surface area contributed by atoms with Crippen LogP contribution in [0.4, 0.5) is 21.3 Å². The number of anilines is 3. The monoisotopic (exact) mass is 507 g/mol. The topological polar surface area (TPSA) is 135 Å². The average Bonchev–Trinajstić information content (AvgIpc) is 3.45. The van der Waals surface area contributed by atoms with Gasteiger partial charge in [-0.25, -0.2) is 14.5 Å². The number of amidine groups is 1. The molecule has 0 atom stereocenters. The highest BCUT2D eigenvalue weighted by Gasteiger charge is 2.13. The highest BCUT2D eigenvalue weighted by molar-refractivity contribution is 7.15. The van der Waals surface area contributed by atoms with Crippen molar-refractivity contribution in [3.63, 3.8) is 0 Å². The third kappa shape index (κ3) is 6.43. The highest BCUT2D eigenvalue weighted by atomic mass is 35.5. The zero-order chi connectivity index (χ0) is 24.6. The molecule has 10 nitrogen and oxygen atoms in total. The van der Waals surface area contributed by atoms with Crippen LogP contribution in [0.1, 0.15) is 10.6 Å². The number of carbonyl (C=O) groups is 1. The summed E-state index contributed by atoms with van der Waals surface area (Å²) in [6.45, 7) is 4.17. The van der Waals surface area contributed by atoms with Crippen LogP contribution >= 0.6 is 22.9 Å². The van der Waals surface area contributed by atoms with Crippen LogP contribution in [0.5, 0.6) is 0 Å². The first-order chi connectivity index (χ1) is 17.0. The van der Waals surface area contributed by atoms with Crippen LogP contribution in [-0.4, -0.2) is 38.2 Å². The first-order valence-corrected chi connectivity index (χ1v) is 11.7. The Bertz CT molecular complexity index is 1350. The van der Waals surface area contributed by atoms with E-state index in [1.165, 1.54) is 17.5 Å².